The minimum absolute atomic E-state index is 0.0137. The number of hydrogen-bond donors (Lipinski definition) is 2. The number of methoxy groups -OCH3 is 1. The highest BCUT2D eigenvalue weighted by Crippen LogP contribution is 2.18. The summed E-state index contributed by atoms with van der Waals surface area (Å²) in [6.45, 7) is 6.24. The minimum Gasteiger partial charge on any atom is -0.497 e. The summed E-state index contributed by atoms with van der Waals surface area (Å²) in [6, 6.07) is 8.12. The van der Waals surface area contributed by atoms with E-state index in [1.54, 1.807) is 7.11 Å². The van der Waals surface area contributed by atoms with Crippen molar-refractivity contribution in [1.82, 2.24) is 10.6 Å². The van der Waals surface area contributed by atoms with Crippen LogP contribution in [0.25, 0.3) is 0 Å². The van der Waals surface area contributed by atoms with Gasteiger partial charge in [0.25, 0.3) is 0 Å². The zero-order valence-electron chi connectivity index (χ0n) is 11.5. The van der Waals surface area contributed by atoms with E-state index in [4.69, 9.17) is 4.74 Å². The third kappa shape index (κ3) is 4.75. The maximum Gasteiger partial charge on any atom is 0.234 e. The van der Waals surface area contributed by atoms with E-state index in [1.165, 1.54) is 0 Å². The van der Waals surface area contributed by atoms with Crippen molar-refractivity contribution in [2.75, 3.05) is 13.7 Å². The zero-order valence-corrected chi connectivity index (χ0v) is 11.5. The first-order valence-corrected chi connectivity index (χ1v) is 6.19. The molecule has 0 fully saturated rings. The van der Waals surface area contributed by atoms with Gasteiger partial charge in [-0.3, -0.25) is 4.79 Å². The Labute approximate surface area is 109 Å². The first-order chi connectivity index (χ1) is 8.52. The highest BCUT2D eigenvalue weighted by atomic mass is 16.5. The van der Waals surface area contributed by atoms with E-state index in [2.05, 4.69) is 10.6 Å². The van der Waals surface area contributed by atoms with Gasteiger partial charge in [-0.25, -0.2) is 0 Å². The predicted molar refractivity (Wildman–Crippen MR) is 72.7 cm³/mol. The molecule has 0 aliphatic carbocycles. The van der Waals surface area contributed by atoms with Crippen LogP contribution in [0.2, 0.25) is 0 Å². The van der Waals surface area contributed by atoms with Gasteiger partial charge in [0.1, 0.15) is 5.75 Å². The Morgan fingerprint density at radius 1 is 1.33 bits per heavy atom. The lowest BCUT2D eigenvalue weighted by Crippen LogP contribution is -2.38. The largest absolute Gasteiger partial charge is 0.497 e. The van der Waals surface area contributed by atoms with E-state index in [1.807, 2.05) is 45.0 Å². The van der Waals surface area contributed by atoms with Gasteiger partial charge in [0.15, 0.2) is 0 Å². The maximum atomic E-state index is 11.5. The molecule has 0 bridgehead atoms. The van der Waals surface area contributed by atoms with Gasteiger partial charge in [-0.1, -0.05) is 12.1 Å². The number of carbonyl (C=O) groups is 1. The fraction of sp³-hybridized carbons (Fsp3) is 0.500. The zero-order chi connectivity index (χ0) is 13.5. The summed E-state index contributed by atoms with van der Waals surface area (Å²) in [7, 11) is 1.65. The molecule has 1 rings (SSSR count). The normalized spacial score (nSPS) is 12.3. The van der Waals surface area contributed by atoms with Gasteiger partial charge in [0.05, 0.1) is 13.7 Å². The Bertz CT molecular complexity index is 391. The summed E-state index contributed by atoms with van der Waals surface area (Å²) >= 11 is 0. The van der Waals surface area contributed by atoms with E-state index in [-0.39, 0.29) is 18.0 Å². The van der Waals surface area contributed by atoms with Gasteiger partial charge in [-0.15, -0.1) is 0 Å². The van der Waals surface area contributed by atoms with E-state index >= 15 is 0 Å². The molecule has 1 aromatic rings. The molecule has 0 saturated heterocycles. The Hall–Kier alpha value is -1.55. The highest BCUT2D eigenvalue weighted by molar-refractivity contribution is 5.78. The minimum atomic E-state index is 0.0137. The summed E-state index contributed by atoms with van der Waals surface area (Å²) in [5.41, 5.74) is 1.10. The van der Waals surface area contributed by atoms with Crippen molar-refractivity contribution in [2.45, 2.75) is 32.9 Å². The molecule has 4 nitrogen and oxygen atoms in total. The SMILES string of the molecule is COc1cccc(C(C)NCC(=O)NC(C)C)c1. The topological polar surface area (TPSA) is 50.4 Å². The lowest BCUT2D eigenvalue weighted by Gasteiger charge is -2.15. The van der Waals surface area contributed by atoms with Crippen molar-refractivity contribution < 1.29 is 9.53 Å². The summed E-state index contributed by atoms with van der Waals surface area (Å²) in [6.07, 6.45) is 0. The molecule has 0 heterocycles. The molecule has 0 radical (unpaired) electrons. The van der Waals surface area contributed by atoms with Crippen molar-refractivity contribution in [3.63, 3.8) is 0 Å². The third-order valence-electron chi connectivity index (χ3n) is 2.61. The molecule has 0 aliphatic rings. The average molecular weight is 250 g/mol. The maximum absolute atomic E-state index is 11.5. The Morgan fingerprint density at radius 2 is 2.06 bits per heavy atom. The van der Waals surface area contributed by atoms with E-state index in [9.17, 15) is 4.79 Å². The molecule has 0 spiro atoms. The van der Waals surface area contributed by atoms with Crippen LogP contribution >= 0.6 is 0 Å². The molecule has 1 atom stereocenters. The number of amides is 1. The van der Waals surface area contributed by atoms with Gasteiger partial charge in [0, 0.05) is 12.1 Å². The van der Waals surface area contributed by atoms with Crippen LogP contribution in [0.1, 0.15) is 32.4 Å². The second kappa shape index (κ2) is 7.01. The van der Waals surface area contributed by atoms with Crippen LogP contribution in [0, 0.1) is 0 Å². The molecule has 1 unspecified atom stereocenters. The number of benzene rings is 1. The second-order valence-corrected chi connectivity index (χ2v) is 4.60. The summed E-state index contributed by atoms with van der Waals surface area (Å²) in [5.74, 6) is 0.840. The molecule has 18 heavy (non-hydrogen) atoms. The van der Waals surface area contributed by atoms with Crippen LogP contribution in [0.3, 0.4) is 0 Å². The average Bonchev–Trinajstić information content (AvgIpc) is 2.35. The van der Waals surface area contributed by atoms with Crippen LogP contribution in [0.15, 0.2) is 24.3 Å². The van der Waals surface area contributed by atoms with E-state index in [0.29, 0.717) is 6.54 Å². The standard InChI is InChI=1S/C14H22N2O2/c1-10(2)16-14(17)9-15-11(3)12-6-5-7-13(8-12)18-4/h5-8,10-11,15H,9H2,1-4H3,(H,16,17). The number of hydrogen-bond acceptors (Lipinski definition) is 3. The lowest BCUT2D eigenvalue weighted by atomic mass is 10.1. The Morgan fingerprint density at radius 3 is 2.67 bits per heavy atom. The number of nitrogens with one attached hydrogen (secondary N) is 2. The first kappa shape index (κ1) is 14.5. The molecule has 0 saturated carbocycles. The monoisotopic (exact) mass is 250 g/mol. The highest BCUT2D eigenvalue weighted by Gasteiger charge is 2.08. The second-order valence-electron chi connectivity index (χ2n) is 4.60. The van der Waals surface area contributed by atoms with Crippen molar-refractivity contribution in [3.05, 3.63) is 29.8 Å². The van der Waals surface area contributed by atoms with Crippen LogP contribution in [-0.2, 0) is 4.79 Å². The van der Waals surface area contributed by atoms with Gasteiger partial charge < -0.3 is 15.4 Å². The fourth-order valence-electron chi connectivity index (χ4n) is 1.65. The van der Waals surface area contributed by atoms with E-state index < -0.39 is 0 Å². The van der Waals surface area contributed by atoms with Crippen molar-refractivity contribution in [2.24, 2.45) is 0 Å². The Balaban J connectivity index is 2.49. The van der Waals surface area contributed by atoms with Crippen LogP contribution in [0.5, 0.6) is 5.75 Å². The predicted octanol–water partition coefficient (Wildman–Crippen LogP) is 1.87. The summed E-state index contributed by atoms with van der Waals surface area (Å²) in [4.78, 5) is 11.5. The number of ether oxygens (including phenoxy) is 1. The van der Waals surface area contributed by atoms with Crippen LogP contribution in [-0.4, -0.2) is 25.6 Å². The van der Waals surface area contributed by atoms with Crippen molar-refractivity contribution in [3.8, 4) is 5.75 Å². The lowest BCUT2D eigenvalue weighted by molar-refractivity contribution is -0.120. The molecule has 100 valence electrons. The van der Waals surface area contributed by atoms with Crippen LogP contribution < -0.4 is 15.4 Å². The Kier molecular flexibility index (Phi) is 5.65. The molecule has 4 heteroatoms. The molecule has 0 aromatic heterocycles. The van der Waals surface area contributed by atoms with Crippen molar-refractivity contribution >= 4 is 5.91 Å². The number of rotatable bonds is 6. The smallest absolute Gasteiger partial charge is 0.234 e. The van der Waals surface area contributed by atoms with E-state index in [0.717, 1.165) is 11.3 Å². The molecule has 2 N–H and O–H groups in total. The quantitative estimate of drug-likeness (QED) is 0.810. The first-order valence-electron chi connectivity index (χ1n) is 6.19. The fourth-order valence-corrected chi connectivity index (χ4v) is 1.65. The molecular weight excluding hydrogens is 228 g/mol. The molecular formula is C14H22N2O2. The molecule has 1 amide bonds. The van der Waals surface area contributed by atoms with Gasteiger partial charge in [-0.05, 0) is 38.5 Å². The summed E-state index contributed by atoms with van der Waals surface area (Å²) in [5, 5.41) is 6.03. The third-order valence-corrected chi connectivity index (χ3v) is 2.61. The number of carbonyl (C=O) groups excluding carboxylic acids is 1. The van der Waals surface area contributed by atoms with Gasteiger partial charge >= 0.3 is 0 Å². The van der Waals surface area contributed by atoms with Crippen molar-refractivity contribution in [1.29, 1.82) is 0 Å². The summed E-state index contributed by atoms with van der Waals surface area (Å²) < 4.78 is 5.18. The van der Waals surface area contributed by atoms with Gasteiger partial charge in [-0.2, -0.15) is 0 Å². The van der Waals surface area contributed by atoms with Gasteiger partial charge in [0.2, 0.25) is 5.91 Å². The van der Waals surface area contributed by atoms with Crippen LogP contribution in [0.4, 0.5) is 0 Å². The molecule has 1 aromatic carbocycles. The molecule has 0 aliphatic heterocycles.